The summed E-state index contributed by atoms with van der Waals surface area (Å²) in [4.78, 5) is 26.3. The minimum Gasteiger partial charge on any atom is -0.497 e. The van der Waals surface area contributed by atoms with Gasteiger partial charge in [-0.15, -0.1) is 0 Å². The predicted octanol–water partition coefficient (Wildman–Crippen LogP) is 2.57. The second-order valence-electron chi connectivity index (χ2n) is 7.03. The first-order chi connectivity index (χ1) is 14.7. The number of amides is 2. The highest BCUT2D eigenvalue weighted by molar-refractivity contribution is 5.78. The van der Waals surface area contributed by atoms with Gasteiger partial charge in [-0.1, -0.05) is 36.4 Å². The highest BCUT2D eigenvalue weighted by Crippen LogP contribution is 2.22. The molecule has 1 aliphatic heterocycles. The first kappa shape index (κ1) is 21.6. The van der Waals surface area contributed by atoms with Crippen LogP contribution in [0.1, 0.15) is 24.5 Å². The number of carbonyl (C=O) groups is 2. The summed E-state index contributed by atoms with van der Waals surface area (Å²) in [5.74, 6) is 1.10. The van der Waals surface area contributed by atoms with E-state index in [1.54, 1.807) is 31.4 Å². The van der Waals surface area contributed by atoms with Gasteiger partial charge in [-0.05, 0) is 24.1 Å². The summed E-state index contributed by atoms with van der Waals surface area (Å²) in [5.41, 5.74) is 1.08. The van der Waals surface area contributed by atoms with E-state index in [2.05, 4.69) is 5.32 Å². The Morgan fingerprint density at radius 1 is 1.13 bits per heavy atom. The zero-order chi connectivity index (χ0) is 21.2. The third-order valence-electron chi connectivity index (χ3n) is 4.89. The molecule has 1 fully saturated rings. The van der Waals surface area contributed by atoms with Crippen LogP contribution in [0.5, 0.6) is 11.5 Å². The van der Waals surface area contributed by atoms with Crippen molar-refractivity contribution < 1.29 is 23.8 Å². The van der Waals surface area contributed by atoms with Crippen LogP contribution >= 0.6 is 0 Å². The Hall–Kier alpha value is -3.06. The van der Waals surface area contributed by atoms with Crippen molar-refractivity contribution in [2.75, 3.05) is 40.0 Å². The van der Waals surface area contributed by atoms with Gasteiger partial charge < -0.3 is 24.4 Å². The molecular weight excluding hydrogens is 384 g/mol. The molecule has 0 aliphatic carbocycles. The van der Waals surface area contributed by atoms with Crippen LogP contribution in [-0.2, 0) is 14.3 Å². The van der Waals surface area contributed by atoms with Gasteiger partial charge in [0.1, 0.15) is 17.6 Å². The largest absolute Gasteiger partial charge is 0.497 e. The second-order valence-corrected chi connectivity index (χ2v) is 7.03. The lowest BCUT2D eigenvalue weighted by Crippen LogP contribution is -2.42. The lowest BCUT2D eigenvalue weighted by atomic mass is 10.1. The maximum atomic E-state index is 12.5. The molecule has 1 N–H and O–H groups in total. The normalized spacial score (nSPS) is 16.0. The molecule has 7 heteroatoms. The molecule has 30 heavy (non-hydrogen) atoms. The Bertz CT molecular complexity index is 827. The summed E-state index contributed by atoms with van der Waals surface area (Å²) in [6.07, 6.45) is 0.882. The van der Waals surface area contributed by atoms with E-state index in [9.17, 15) is 9.59 Å². The standard InChI is InChI=1S/C23H28N2O5/c1-28-19-9-5-10-20(15-19)30-17-22(26)24-12-6-11-23(27)25-13-14-29-21(16-25)18-7-3-2-4-8-18/h2-5,7-10,15,21H,6,11-14,16-17H2,1H3,(H,24,26). The summed E-state index contributed by atoms with van der Waals surface area (Å²) in [5, 5.41) is 2.78. The Morgan fingerprint density at radius 3 is 2.73 bits per heavy atom. The quantitative estimate of drug-likeness (QED) is 0.641. The molecule has 2 aromatic carbocycles. The fourth-order valence-electron chi connectivity index (χ4n) is 3.26. The van der Waals surface area contributed by atoms with Crippen LogP contribution in [0.4, 0.5) is 0 Å². The van der Waals surface area contributed by atoms with Crippen LogP contribution in [0.25, 0.3) is 0 Å². The summed E-state index contributed by atoms with van der Waals surface area (Å²) in [7, 11) is 1.58. The van der Waals surface area contributed by atoms with Gasteiger partial charge in [0, 0.05) is 25.6 Å². The van der Waals surface area contributed by atoms with Gasteiger partial charge in [0.25, 0.3) is 5.91 Å². The third-order valence-corrected chi connectivity index (χ3v) is 4.89. The minimum absolute atomic E-state index is 0.0800. The van der Waals surface area contributed by atoms with E-state index in [1.807, 2.05) is 35.2 Å². The molecule has 2 amide bonds. The van der Waals surface area contributed by atoms with E-state index in [-0.39, 0.29) is 24.5 Å². The molecule has 1 heterocycles. The molecule has 0 radical (unpaired) electrons. The zero-order valence-electron chi connectivity index (χ0n) is 17.2. The summed E-state index contributed by atoms with van der Waals surface area (Å²) >= 11 is 0. The lowest BCUT2D eigenvalue weighted by molar-refractivity contribution is -0.139. The van der Waals surface area contributed by atoms with Crippen molar-refractivity contribution in [1.29, 1.82) is 0 Å². The number of ether oxygens (including phenoxy) is 3. The lowest BCUT2D eigenvalue weighted by Gasteiger charge is -2.33. The van der Waals surface area contributed by atoms with E-state index >= 15 is 0 Å². The Kier molecular flexibility index (Phi) is 8.09. The van der Waals surface area contributed by atoms with E-state index in [1.165, 1.54) is 0 Å². The number of benzene rings is 2. The molecule has 1 saturated heterocycles. The third kappa shape index (κ3) is 6.49. The SMILES string of the molecule is COc1cccc(OCC(=O)NCCCC(=O)N2CCOC(c3ccccc3)C2)c1. The van der Waals surface area contributed by atoms with Crippen LogP contribution in [0.15, 0.2) is 54.6 Å². The molecule has 7 nitrogen and oxygen atoms in total. The van der Waals surface area contributed by atoms with Gasteiger partial charge in [-0.25, -0.2) is 0 Å². The number of nitrogens with zero attached hydrogens (tertiary/aromatic N) is 1. The van der Waals surface area contributed by atoms with Gasteiger partial charge in [-0.3, -0.25) is 9.59 Å². The maximum absolute atomic E-state index is 12.5. The number of nitrogens with one attached hydrogen (secondary N) is 1. The molecule has 1 unspecified atom stereocenters. The molecule has 1 atom stereocenters. The average Bonchev–Trinajstić information content (AvgIpc) is 2.81. The van der Waals surface area contributed by atoms with E-state index in [0.29, 0.717) is 50.6 Å². The maximum Gasteiger partial charge on any atom is 0.257 e. The molecule has 0 bridgehead atoms. The van der Waals surface area contributed by atoms with Crippen molar-refractivity contribution >= 4 is 11.8 Å². The van der Waals surface area contributed by atoms with Crippen LogP contribution in [0.2, 0.25) is 0 Å². The molecule has 1 aliphatic rings. The van der Waals surface area contributed by atoms with Gasteiger partial charge in [0.2, 0.25) is 5.91 Å². The Morgan fingerprint density at radius 2 is 1.93 bits per heavy atom. The topological polar surface area (TPSA) is 77.1 Å². The van der Waals surface area contributed by atoms with Gasteiger partial charge in [-0.2, -0.15) is 0 Å². The second kappa shape index (κ2) is 11.2. The van der Waals surface area contributed by atoms with Gasteiger partial charge in [0.05, 0.1) is 20.3 Å². The van der Waals surface area contributed by atoms with Crippen LogP contribution < -0.4 is 14.8 Å². The monoisotopic (exact) mass is 412 g/mol. The van der Waals surface area contributed by atoms with Crippen molar-refractivity contribution in [2.45, 2.75) is 18.9 Å². The number of hydrogen-bond acceptors (Lipinski definition) is 5. The van der Waals surface area contributed by atoms with Crippen molar-refractivity contribution in [1.82, 2.24) is 10.2 Å². The van der Waals surface area contributed by atoms with Crippen LogP contribution in [0.3, 0.4) is 0 Å². The van der Waals surface area contributed by atoms with E-state index in [0.717, 1.165) is 5.56 Å². The summed E-state index contributed by atoms with van der Waals surface area (Å²) < 4.78 is 16.4. The number of methoxy groups -OCH3 is 1. The Balaban J connectivity index is 1.33. The number of carbonyl (C=O) groups excluding carboxylic acids is 2. The van der Waals surface area contributed by atoms with Crippen molar-refractivity contribution in [3.8, 4) is 11.5 Å². The highest BCUT2D eigenvalue weighted by Gasteiger charge is 2.24. The smallest absolute Gasteiger partial charge is 0.257 e. The molecule has 160 valence electrons. The van der Waals surface area contributed by atoms with Crippen LogP contribution in [-0.4, -0.2) is 56.7 Å². The molecule has 2 aromatic rings. The fourth-order valence-corrected chi connectivity index (χ4v) is 3.26. The highest BCUT2D eigenvalue weighted by atomic mass is 16.5. The van der Waals surface area contributed by atoms with Gasteiger partial charge >= 0.3 is 0 Å². The summed E-state index contributed by atoms with van der Waals surface area (Å²) in [6, 6.07) is 17.0. The number of morpholine rings is 1. The first-order valence-corrected chi connectivity index (χ1v) is 10.1. The molecule has 0 aromatic heterocycles. The fraction of sp³-hybridized carbons (Fsp3) is 0.391. The molecule has 3 rings (SSSR count). The van der Waals surface area contributed by atoms with Crippen LogP contribution in [0, 0.1) is 0 Å². The van der Waals surface area contributed by atoms with Gasteiger partial charge in [0.15, 0.2) is 6.61 Å². The molecular formula is C23H28N2O5. The Labute approximate surface area is 176 Å². The number of hydrogen-bond donors (Lipinski definition) is 1. The predicted molar refractivity (Wildman–Crippen MR) is 112 cm³/mol. The minimum atomic E-state index is -0.221. The van der Waals surface area contributed by atoms with E-state index < -0.39 is 0 Å². The first-order valence-electron chi connectivity index (χ1n) is 10.1. The molecule has 0 spiro atoms. The average molecular weight is 412 g/mol. The van der Waals surface area contributed by atoms with Crippen molar-refractivity contribution in [2.24, 2.45) is 0 Å². The number of rotatable bonds is 9. The van der Waals surface area contributed by atoms with Crippen molar-refractivity contribution in [3.05, 3.63) is 60.2 Å². The van der Waals surface area contributed by atoms with E-state index in [4.69, 9.17) is 14.2 Å². The van der Waals surface area contributed by atoms with Crippen molar-refractivity contribution in [3.63, 3.8) is 0 Å². The molecule has 0 saturated carbocycles. The summed E-state index contributed by atoms with van der Waals surface area (Å²) in [6.45, 7) is 2.04. The zero-order valence-corrected chi connectivity index (χ0v) is 17.2.